The highest BCUT2D eigenvalue weighted by atomic mass is 35.5. The van der Waals surface area contributed by atoms with Gasteiger partial charge < -0.3 is 4.90 Å². The summed E-state index contributed by atoms with van der Waals surface area (Å²) in [6, 6.07) is 15.9. The number of fused-ring (bicyclic) bond motifs is 1. The minimum atomic E-state index is -0.00602. The molecule has 3 aromatic rings. The van der Waals surface area contributed by atoms with Gasteiger partial charge in [0.25, 0.3) is 0 Å². The number of benzene rings is 2. The van der Waals surface area contributed by atoms with Crippen LogP contribution in [-0.2, 0) is 6.54 Å². The van der Waals surface area contributed by atoms with Crippen LogP contribution in [0.3, 0.4) is 0 Å². The van der Waals surface area contributed by atoms with E-state index in [1.165, 1.54) is 5.69 Å². The van der Waals surface area contributed by atoms with Crippen molar-refractivity contribution in [1.29, 1.82) is 0 Å². The van der Waals surface area contributed by atoms with Crippen molar-refractivity contribution in [2.45, 2.75) is 13.5 Å². The molecule has 2 heterocycles. The fourth-order valence-corrected chi connectivity index (χ4v) is 4.04. The number of anilines is 1. The van der Waals surface area contributed by atoms with Gasteiger partial charge in [-0.25, -0.2) is 4.79 Å². The quantitative estimate of drug-likeness (QED) is 0.658. The lowest BCUT2D eigenvalue weighted by Crippen LogP contribution is -2.47. The Labute approximate surface area is 170 Å². The molecule has 0 aliphatic carbocycles. The molecule has 0 bridgehead atoms. The van der Waals surface area contributed by atoms with Crippen LogP contribution in [0, 0.1) is 0 Å². The van der Waals surface area contributed by atoms with Gasteiger partial charge in [0, 0.05) is 55.7 Å². The molecule has 1 aliphatic heterocycles. The second-order valence-corrected chi connectivity index (χ2v) is 7.74. The minimum absolute atomic E-state index is 0.00602. The van der Waals surface area contributed by atoms with Crippen molar-refractivity contribution in [3.63, 3.8) is 0 Å². The Morgan fingerprint density at radius 1 is 0.964 bits per heavy atom. The molecule has 0 atom stereocenters. The molecule has 2 aromatic carbocycles. The largest absolute Gasteiger partial charge is 0.369 e. The third-order valence-electron chi connectivity index (χ3n) is 5.42. The van der Waals surface area contributed by atoms with Gasteiger partial charge in [-0.1, -0.05) is 30.3 Å². The second kappa shape index (κ2) is 7.86. The molecule has 6 heteroatoms. The number of nitrogens with zero attached hydrogens (tertiary/aromatic N) is 4. The van der Waals surface area contributed by atoms with E-state index in [2.05, 4.69) is 28.5 Å². The number of imidazole rings is 1. The first kappa shape index (κ1) is 18.8. The zero-order chi connectivity index (χ0) is 19.7. The first-order valence-electron chi connectivity index (χ1n) is 9.63. The molecule has 1 aromatic heterocycles. The lowest BCUT2D eigenvalue weighted by Gasteiger charge is -2.36. The van der Waals surface area contributed by atoms with Gasteiger partial charge in [-0.2, -0.15) is 0 Å². The smallest absolute Gasteiger partial charge is 0.333 e. The van der Waals surface area contributed by atoms with E-state index in [0.717, 1.165) is 54.5 Å². The Balaban J connectivity index is 1.43. The SMILES string of the molecule is C=C(C)n1c(=O)n(CCN2CCN(c3ccc(Cl)cc3)CC2)c2ccccc21. The summed E-state index contributed by atoms with van der Waals surface area (Å²) in [5, 5.41) is 0.766. The standard InChI is InChI=1S/C22H25ClN4O/c1-17(2)27-21-6-4-3-5-20(21)26(22(27)28)16-13-24-11-14-25(15-12-24)19-9-7-18(23)8-10-19/h3-10H,1,11-16H2,2H3. The zero-order valence-corrected chi connectivity index (χ0v) is 16.9. The van der Waals surface area contributed by atoms with E-state index < -0.39 is 0 Å². The van der Waals surface area contributed by atoms with Gasteiger partial charge in [-0.3, -0.25) is 14.0 Å². The number of aromatic nitrogens is 2. The molecule has 146 valence electrons. The van der Waals surface area contributed by atoms with Crippen LogP contribution in [0.5, 0.6) is 0 Å². The predicted molar refractivity (Wildman–Crippen MR) is 117 cm³/mol. The Bertz CT molecular complexity index is 1040. The second-order valence-electron chi connectivity index (χ2n) is 7.30. The molecular weight excluding hydrogens is 372 g/mol. The summed E-state index contributed by atoms with van der Waals surface area (Å²) in [5.41, 5.74) is 3.85. The Kier molecular flexibility index (Phi) is 5.29. The number of rotatable bonds is 5. The summed E-state index contributed by atoms with van der Waals surface area (Å²) in [5.74, 6) is 0. The van der Waals surface area contributed by atoms with Crippen molar-refractivity contribution in [3.8, 4) is 0 Å². The number of halogens is 1. The monoisotopic (exact) mass is 396 g/mol. The van der Waals surface area contributed by atoms with Crippen LogP contribution < -0.4 is 10.6 Å². The van der Waals surface area contributed by atoms with Gasteiger partial charge in [0.05, 0.1) is 11.0 Å². The van der Waals surface area contributed by atoms with Crippen molar-refractivity contribution >= 4 is 34.0 Å². The van der Waals surface area contributed by atoms with Gasteiger partial charge >= 0.3 is 5.69 Å². The average Bonchev–Trinajstić information content (AvgIpc) is 2.99. The molecule has 0 radical (unpaired) electrons. The molecule has 0 saturated carbocycles. The molecule has 5 nitrogen and oxygen atoms in total. The van der Waals surface area contributed by atoms with Crippen LogP contribution in [-0.4, -0.2) is 46.8 Å². The normalized spacial score (nSPS) is 15.3. The summed E-state index contributed by atoms with van der Waals surface area (Å²) in [7, 11) is 0. The Hall–Kier alpha value is -2.50. The maximum absolute atomic E-state index is 12.9. The van der Waals surface area contributed by atoms with Gasteiger partial charge in [-0.15, -0.1) is 0 Å². The molecule has 1 saturated heterocycles. The van der Waals surface area contributed by atoms with Crippen LogP contribution in [0.1, 0.15) is 6.92 Å². The number of piperazine rings is 1. The van der Waals surface area contributed by atoms with Crippen molar-refractivity contribution in [1.82, 2.24) is 14.0 Å². The third-order valence-corrected chi connectivity index (χ3v) is 5.67. The zero-order valence-electron chi connectivity index (χ0n) is 16.1. The first-order valence-corrected chi connectivity index (χ1v) is 10.0. The van der Waals surface area contributed by atoms with Crippen LogP contribution in [0.2, 0.25) is 5.02 Å². The van der Waals surface area contributed by atoms with E-state index >= 15 is 0 Å². The lowest BCUT2D eigenvalue weighted by molar-refractivity contribution is 0.248. The van der Waals surface area contributed by atoms with Crippen molar-refractivity contribution in [3.05, 3.63) is 70.6 Å². The van der Waals surface area contributed by atoms with E-state index in [-0.39, 0.29) is 5.69 Å². The van der Waals surface area contributed by atoms with E-state index in [1.807, 2.05) is 47.9 Å². The van der Waals surface area contributed by atoms with Crippen LogP contribution >= 0.6 is 11.6 Å². The maximum Gasteiger partial charge on any atom is 0.333 e. The van der Waals surface area contributed by atoms with Crippen LogP contribution in [0.15, 0.2) is 59.9 Å². The molecule has 1 aliphatic rings. The van der Waals surface area contributed by atoms with Gasteiger partial charge in [0.2, 0.25) is 0 Å². The third kappa shape index (κ3) is 3.60. The Morgan fingerprint density at radius 3 is 2.25 bits per heavy atom. The van der Waals surface area contributed by atoms with Gasteiger partial charge in [0.15, 0.2) is 0 Å². The van der Waals surface area contributed by atoms with Gasteiger partial charge in [-0.05, 0) is 43.3 Å². The molecule has 0 amide bonds. The van der Waals surface area contributed by atoms with E-state index in [4.69, 9.17) is 11.6 Å². The van der Waals surface area contributed by atoms with Gasteiger partial charge in [0.1, 0.15) is 0 Å². The lowest BCUT2D eigenvalue weighted by atomic mass is 10.2. The van der Waals surface area contributed by atoms with E-state index in [1.54, 1.807) is 4.57 Å². The fourth-order valence-electron chi connectivity index (χ4n) is 3.92. The summed E-state index contributed by atoms with van der Waals surface area (Å²) < 4.78 is 3.57. The molecule has 1 fully saturated rings. The number of allylic oxidation sites excluding steroid dienone is 1. The fraction of sp³-hybridized carbons (Fsp3) is 0.318. The van der Waals surface area contributed by atoms with Crippen molar-refractivity contribution < 1.29 is 0 Å². The predicted octanol–water partition coefficient (Wildman–Crippen LogP) is 3.77. The summed E-state index contributed by atoms with van der Waals surface area (Å²) >= 11 is 5.99. The molecule has 4 rings (SSSR count). The Morgan fingerprint density at radius 2 is 1.61 bits per heavy atom. The highest BCUT2D eigenvalue weighted by Gasteiger charge is 2.19. The van der Waals surface area contributed by atoms with E-state index in [0.29, 0.717) is 6.54 Å². The molecule has 0 unspecified atom stereocenters. The minimum Gasteiger partial charge on any atom is -0.369 e. The highest BCUT2D eigenvalue weighted by molar-refractivity contribution is 6.30. The molecule has 0 spiro atoms. The first-order chi connectivity index (χ1) is 13.5. The molecular formula is C22H25ClN4O. The molecule has 0 N–H and O–H groups in total. The number of hydrogen-bond acceptors (Lipinski definition) is 3. The topological polar surface area (TPSA) is 33.4 Å². The summed E-state index contributed by atoms with van der Waals surface area (Å²) in [4.78, 5) is 17.7. The summed E-state index contributed by atoms with van der Waals surface area (Å²) in [6.45, 7) is 11.3. The summed E-state index contributed by atoms with van der Waals surface area (Å²) in [6.07, 6.45) is 0. The number of hydrogen-bond donors (Lipinski definition) is 0. The van der Waals surface area contributed by atoms with Crippen LogP contribution in [0.25, 0.3) is 16.7 Å². The maximum atomic E-state index is 12.9. The molecule has 28 heavy (non-hydrogen) atoms. The number of para-hydroxylation sites is 2. The highest BCUT2D eigenvalue weighted by Crippen LogP contribution is 2.20. The average molecular weight is 397 g/mol. The van der Waals surface area contributed by atoms with Crippen molar-refractivity contribution in [2.75, 3.05) is 37.6 Å². The van der Waals surface area contributed by atoms with Crippen LogP contribution in [0.4, 0.5) is 5.69 Å². The van der Waals surface area contributed by atoms with Crippen molar-refractivity contribution in [2.24, 2.45) is 0 Å². The van der Waals surface area contributed by atoms with E-state index in [9.17, 15) is 4.79 Å².